The summed E-state index contributed by atoms with van der Waals surface area (Å²) in [6.07, 6.45) is 0.781. The molecule has 116 valence electrons. The number of carbonyl (C=O) groups is 1. The van der Waals surface area contributed by atoms with E-state index in [-0.39, 0.29) is 5.91 Å². The van der Waals surface area contributed by atoms with Gasteiger partial charge in [0.2, 0.25) is 0 Å². The Morgan fingerprint density at radius 3 is 2.74 bits per heavy atom. The Morgan fingerprint density at radius 1 is 1.22 bits per heavy atom. The summed E-state index contributed by atoms with van der Waals surface area (Å²) in [4.78, 5) is 17.1. The molecule has 0 saturated heterocycles. The molecule has 23 heavy (non-hydrogen) atoms. The van der Waals surface area contributed by atoms with Crippen LogP contribution in [0.3, 0.4) is 0 Å². The average molecular weight is 308 g/mol. The van der Waals surface area contributed by atoms with E-state index in [2.05, 4.69) is 20.5 Å². The molecule has 3 heterocycles. The van der Waals surface area contributed by atoms with Gasteiger partial charge < -0.3 is 10.1 Å². The molecule has 0 aliphatic carbocycles. The fraction of sp³-hybridized carbons (Fsp3) is 0.235. The van der Waals surface area contributed by atoms with E-state index in [4.69, 9.17) is 4.74 Å². The van der Waals surface area contributed by atoms with E-state index in [0.29, 0.717) is 23.4 Å². The van der Waals surface area contributed by atoms with E-state index >= 15 is 0 Å². The van der Waals surface area contributed by atoms with Crippen LogP contribution in [0.15, 0.2) is 24.3 Å². The van der Waals surface area contributed by atoms with E-state index in [9.17, 15) is 4.79 Å². The standard InChI is InChI=1S/C17H16N4O2/c1-9-13-12-7-8-18-17(22)14(12)15(19-16(13)21-20-9)10-3-5-11(23-2)6-4-10/h3-6H,7-8H2,1-2H3,(H,18,22)(H,19,20,21). The monoisotopic (exact) mass is 308 g/mol. The van der Waals surface area contributed by atoms with Gasteiger partial charge in [-0.15, -0.1) is 0 Å². The number of carbonyl (C=O) groups excluding carboxylic acids is 1. The van der Waals surface area contributed by atoms with Crippen LogP contribution in [0.25, 0.3) is 22.3 Å². The number of methoxy groups -OCH3 is 1. The van der Waals surface area contributed by atoms with Crippen molar-refractivity contribution in [3.05, 3.63) is 41.1 Å². The van der Waals surface area contributed by atoms with Crippen molar-refractivity contribution in [2.75, 3.05) is 13.7 Å². The first-order valence-corrected chi connectivity index (χ1v) is 7.49. The number of aromatic amines is 1. The van der Waals surface area contributed by atoms with Gasteiger partial charge in [-0.05, 0) is 43.2 Å². The molecule has 6 heteroatoms. The minimum Gasteiger partial charge on any atom is -0.497 e. The summed E-state index contributed by atoms with van der Waals surface area (Å²) in [5.74, 6) is 0.691. The van der Waals surface area contributed by atoms with Crippen LogP contribution in [-0.2, 0) is 6.42 Å². The first kappa shape index (κ1) is 13.8. The topological polar surface area (TPSA) is 79.9 Å². The molecule has 1 aliphatic rings. The van der Waals surface area contributed by atoms with Crippen molar-refractivity contribution in [1.82, 2.24) is 20.5 Å². The molecule has 2 aromatic heterocycles. The lowest BCUT2D eigenvalue weighted by atomic mass is 9.93. The van der Waals surface area contributed by atoms with Crippen LogP contribution in [0.2, 0.25) is 0 Å². The molecule has 0 radical (unpaired) electrons. The summed E-state index contributed by atoms with van der Waals surface area (Å²) in [5, 5.41) is 11.1. The Hall–Kier alpha value is -2.89. The molecule has 0 fully saturated rings. The van der Waals surface area contributed by atoms with Crippen LogP contribution in [0.5, 0.6) is 5.75 Å². The summed E-state index contributed by atoms with van der Waals surface area (Å²) in [7, 11) is 1.63. The molecule has 0 unspecified atom stereocenters. The number of fused-ring (bicyclic) bond motifs is 3. The Morgan fingerprint density at radius 2 is 2.00 bits per heavy atom. The van der Waals surface area contributed by atoms with Gasteiger partial charge in [0.15, 0.2) is 5.65 Å². The average Bonchev–Trinajstić information content (AvgIpc) is 2.96. The summed E-state index contributed by atoms with van der Waals surface area (Å²) in [5.41, 5.74) is 4.82. The first-order valence-electron chi connectivity index (χ1n) is 7.49. The first-order chi connectivity index (χ1) is 11.2. The number of rotatable bonds is 2. The van der Waals surface area contributed by atoms with Crippen molar-refractivity contribution in [2.45, 2.75) is 13.3 Å². The minimum atomic E-state index is -0.0768. The zero-order valence-corrected chi connectivity index (χ0v) is 12.9. The van der Waals surface area contributed by atoms with E-state index in [1.54, 1.807) is 7.11 Å². The quantitative estimate of drug-likeness (QED) is 0.761. The zero-order valence-electron chi connectivity index (χ0n) is 12.9. The molecule has 0 bridgehead atoms. The fourth-order valence-corrected chi connectivity index (χ4v) is 3.13. The van der Waals surface area contributed by atoms with Gasteiger partial charge in [-0.1, -0.05) is 0 Å². The predicted octanol–water partition coefficient (Wildman–Crippen LogP) is 2.23. The van der Waals surface area contributed by atoms with Crippen molar-refractivity contribution in [2.24, 2.45) is 0 Å². The van der Waals surface area contributed by atoms with E-state index in [0.717, 1.165) is 34.4 Å². The zero-order chi connectivity index (χ0) is 16.0. The number of aryl methyl sites for hydroxylation is 1. The van der Waals surface area contributed by atoms with Gasteiger partial charge in [-0.2, -0.15) is 5.10 Å². The van der Waals surface area contributed by atoms with Crippen LogP contribution in [-0.4, -0.2) is 34.7 Å². The third kappa shape index (κ3) is 2.06. The number of hydrogen-bond acceptors (Lipinski definition) is 4. The summed E-state index contributed by atoms with van der Waals surface area (Å²) in [6.45, 7) is 2.59. The fourth-order valence-electron chi connectivity index (χ4n) is 3.13. The number of amides is 1. The van der Waals surface area contributed by atoms with Crippen molar-refractivity contribution in [3.63, 3.8) is 0 Å². The van der Waals surface area contributed by atoms with Gasteiger partial charge in [-0.25, -0.2) is 4.98 Å². The molecule has 4 rings (SSSR count). The molecule has 3 aromatic rings. The molecule has 0 saturated carbocycles. The maximum absolute atomic E-state index is 12.5. The number of benzene rings is 1. The molecule has 2 N–H and O–H groups in total. The van der Waals surface area contributed by atoms with Crippen LogP contribution in [0.1, 0.15) is 21.6 Å². The number of hydrogen-bond donors (Lipinski definition) is 2. The lowest BCUT2D eigenvalue weighted by Gasteiger charge is -2.20. The van der Waals surface area contributed by atoms with Crippen molar-refractivity contribution in [3.8, 4) is 17.0 Å². The van der Waals surface area contributed by atoms with Crippen LogP contribution in [0.4, 0.5) is 0 Å². The third-order valence-corrected chi connectivity index (χ3v) is 4.24. The number of nitrogens with zero attached hydrogens (tertiary/aromatic N) is 2. The van der Waals surface area contributed by atoms with Gasteiger partial charge in [0.25, 0.3) is 5.91 Å². The highest BCUT2D eigenvalue weighted by Crippen LogP contribution is 2.33. The van der Waals surface area contributed by atoms with E-state index < -0.39 is 0 Å². The van der Waals surface area contributed by atoms with Crippen molar-refractivity contribution >= 4 is 16.9 Å². The molecule has 1 amide bonds. The number of H-pyrrole nitrogens is 1. The molecule has 6 nitrogen and oxygen atoms in total. The SMILES string of the molecule is COc1ccc(-c2nc3n[nH]c(C)c3c3c2C(=O)NCC3)cc1. The number of nitrogens with one attached hydrogen (secondary N) is 2. The Kier molecular flexibility index (Phi) is 3.04. The van der Waals surface area contributed by atoms with Crippen molar-refractivity contribution < 1.29 is 9.53 Å². The summed E-state index contributed by atoms with van der Waals surface area (Å²) in [6, 6.07) is 7.55. The predicted molar refractivity (Wildman–Crippen MR) is 86.7 cm³/mol. The summed E-state index contributed by atoms with van der Waals surface area (Å²) < 4.78 is 5.20. The normalized spacial score (nSPS) is 13.7. The lowest BCUT2D eigenvalue weighted by Crippen LogP contribution is -2.33. The second-order valence-electron chi connectivity index (χ2n) is 5.60. The van der Waals surface area contributed by atoms with Gasteiger partial charge in [0, 0.05) is 23.2 Å². The van der Waals surface area contributed by atoms with Crippen LogP contribution in [0, 0.1) is 6.92 Å². The largest absolute Gasteiger partial charge is 0.497 e. The molecule has 1 aliphatic heterocycles. The smallest absolute Gasteiger partial charge is 0.253 e. The molecule has 0 spiro atoms. The summed E-state index contributed by atoms with van der Waals surface area (Å²) >= 11 is 0. The van der Waals surface area contributed by atoms with Gasteiger partial charge in [0.1, 0.15) is 5.75 Å². The third-order valence-electron chi connectivity index (χ3n) is 4.24. The Labute approximate surface area is 132 Å². The van der Waals surface area contributed by atoms with Crippen molar-refractivity contribution in [1.29, 1.82) is 0 Å². The highest BCUT2D eigenvalue weighted by molar-refractivity contribution is 6.06. The highest BCUT2D eigenvalue weighted by Gasteiger charge is 2.26. The van der Waals surface area contributed by atoms with Gasteiger partial charge in [0.05, 0.1) is 18.4 Å². The molecular formula is C17H16N4O2. The van der Waals surface area contributed by atoms with Gasteiger partial charge >= 0.3 is 0 Å². The molecular weight excluding hydrogens is 292 g/mol. The maximum Gasteiger partial charge on any atom is 0.253 e. The Balaban J connectivity index is 2.02. The van der Waals surface area contributed by atoms with E-state index in [1.807, 2.05) is 31.2 Å². The Bertz CT molecular complexity index is 912. The second-order valence-corrected chi connectivity index (χ2v) is 5.60. The van der Waals surface area contributed by atoms with E-state index in [1.165, 1.54) is 0 Å². The molecule has 0 atom stereocenters. The van der Waals surface area contributed by atoms with Crippen LogP contribution < -0.4 is 10.1 Å². The molecule has 1 aromatic carbocycles. The van der Waals surface area contributed by atoms with Crippen LogP contribution >= 0.6 is 0 Å². The minimum absolute atomic E-state index is 0.0768. The second kappa shape index (κ2) is 5.08. The highest BCUT2D eigenvalue weighted by atomic mass is 16.5. The maximum atomic E-state index is 12.5. The number of aromatic nitrogens is 3. The van der Waals surface area contributed by atoms with Gasteiger partial charge in [-0.3, -0.25) is 9.89 Å². The number of pyridine rings is 1. The lowest BCUT2D eigenvalue weighted by molar-refractivity contribution is 0.0947. The number of ether oxygens (including phenoxy) is 1.